The molecule has 0 aliphatic carbocycles. The van der Waals surface area contributed by atoms with Crippen LogP contribution < -0.4 is 5.73 Å². The molecular weight excluding hydrogens is 168 g/mol. The first-order valence-corrected chi connectivity index (χ1v) is 4.59. The Kier molecular flexibility index (Phi) is 2.90. The van der Waals surface area contributed by atoms with Crippen LogP contribution in [-0.2, 0) is 9.59 Å². The van der Waals surface area contributed by atoms with Gasteiger partial charge in [-0.2, -0.15) is 0 Å². The predicted molar refractivity (Wildman–Crippen MR) is 48.8 cm³/mol. The second kappa shape index (κ2) is 3.77. The largest absolute Gasteiger partial charge is 0.369 e. The summed E-state index contributed by atoms with van der Waals surface area (Å²) in [5.41, 5.74) is 5.20. The van der Waals surface area contributed by atoms with E-state index in [1.165, 1.54) is 6.92 Å². The molecule has 1 saturated heterocycles. The van der Waals surface area contributed by atoms with Gasteiger partial charge in [0.2, 0.25) is 11.8 Å². The lowest BCUT2D eigenvalue weighted by atomic mass is 9.93. The van der Waals surface area contributed by atoms with E-state index in [0.29, 0.717) is 6.54 Å². The van der Waals surface area contributed by atoms with Crippen molar-refractivity contribution in [2.75, 3.05) is 6.54 Å². The normalized spacial score (nSPS) is 28.6. The molecule has 0 bridgehead atoms. The fourth-order valence-electron chi connectivity index (χ4n) is 1.78. The van der Waals surface area contributed by atoms with Gasteiger partial charge in [0.05, 0.1) is 5.92 Å². The van der Waals surface area contributed by atoms with Crippen LogP contribution in [-0.4, -0.2) is 29.3 Å². The summed E-state index contributed by atoms with van der Waals surface area (Å²) in [5.74, 6) is -0.420. The Balaban J connectivity index is 2.63. The summed E-state index contributed by atoms with van der Waals surface area (Å²) in [5, 5.41) is 0. The highest BCUT2D eigenvalue weighted by Gasteiger charge is 2.29. The van der Waals surface area contributed by atoms with Crippen molar-refractivity contribution >= 4 is 11.8 Å². The minimum atomic E-state index is -0.293. The smallest absolute Gasteiger partial charge is 0.222 e. The molecule has 0 aromatic carbocycles. The highest BCUT2D eigenvalue weighted by atomic mass is 16.2. The molecule has 0 aromatic heterocycles. The molecule has 0 saturated carbocycles. The molecule has 4 heteroatoms. The zero-order valence-corrected chi connectivity index (χ0v) is 8.12. The van der Waals surface area contributed by atoms with Crippen LogP contribution in [0.15, 0.2) is 0 Å². The first-order valence-electron chi connectivity index (χ1n) is 4.59. The van der Waals surface area contributed by atoms with Gasteiger partial charge < -0.3 is 10.6 Å². The Morgan fingerprint density at radius 3 is 2.46 bits per heavy atom. The van der Waals surface area contributed by atoms with Gasteiger partial charge in [0.15, 0.2) is 0 Å². The number of carbonyl (C=O) groups excluding carboxylic acids is 2. The van der Waals surface area contributed by atoms with E-state index in [2.05, 4.69) is 0 Å². The van der Waals surface area contributed by atoms with Crippen molar-refractivity contribution in [2.45, 2.75) is 32.7 Å². The highest BCUT2D eigenvalue weighted by molar-refractivity contribution is 5.79. The molecule has 1 fully saturated rings. The Labute approximate surface area is 78.1 Å². The number of rotatable bonds is 1. The molecule has 0 spiro atoms. The minimum Gasteiger partial charge on any atom is -0.369 e. The zero-order chi connectivity index (χ0) is 10.0. The van der Waals surface area contributed by atoms with Crippen LogP contribution in [0.5, 0.6) is 0 Å². The maximum absolute atomic E-state index is 11.2. The number of carbonyl (C=O) groups is 2. The summed E-state index contributed by atoms with van der Waals surface area (Å²) in [4.78, 5) is 23.8. The van der Waals surface area contributed by atoms with Gasteiger partial charge >= 0.3 is 0 Å². The van der Waals surface area contributed by atoms with Crippen LogP contribution >= 0.6 is 0 Å². The van der Waals surface area contributed by atoms with Crippen molar-refractivity contribution < 1.29 is 9.59 Å². The second-order valence-corrected chi connectivity index (χ2v) is 3.70. The summed E-state index contributed by atoms with van der Waals surface area (Å²) in [6, 6.07) is 0.244. The quantitative estimate of drug-likeness (QED) is 0.629. The third-order valence-corrected chi connectivity index (χ3v) is 2.69. The molecular formula is C9H16N2O2. The lowest BCUT2D eigenvalue weighted by Crippen LogP contribution is -2.47. The van der Waals surface area contributed by atoms with Crippen LogP contribution in [0.25, 0.3) is 0 Å². The van der Waals surface area contributed by atoms with Gasteiger partial charge in [0.1, 0.15) is 0 Å². The number of amides is 2. The summed E-state index contributed by atoms with van der Waals surface area (Å²) in [6.07, 6.45) is 1.67. The van der Waals surface area contributed by atoms with Gasteiger partial charge in [-0.05, 0) is 19.8 Å². The van der Waals surface area contributed by atoms with E-state index in [9.17, 15) is 9.59 Å². The topological polar surface area (TPSA) is 63.4 Å². The molecule has 4 nitrogen and oxygen atoms in total. The fourth-order valence-corrected chi connectivity index (χ4v) is 1.78. The number of hydrogen-bond donors (Lipinski definition) is 1. The van der Waals surface area contributed by atoms with Gasteiger partial charge in [-0.1, -0.05) is 0 Å². The van der Waals surface area contributed by atoms with E-state index in [4.69, 9.17) is 5.73 Å². The summed E-state index contributed by atoms with van der Waals surface area (Å²) in [6.45, 7) is 4.02. The molecule has 0 aromatic rings. The van der Waals surface area contributed by atoms with E-state index >= 15 is 0 Å². The third kappa shape index (κ3) is 2.20. The SMILES string of the molecule is CC(=O)N1C[C@H](C(N)=O)CC[C@@H]1C. The van der Waals surface area contributed by atoms with Crippen molar-refractivity contribution in [3.05, 3.63) is 0 Å². The third-order valence-electron chi connectivity index (χ3n) is 2.69. The lowest BCUT2D eigenvalue weighted by Gasteiger charge is -2.36. The number of nitrogens with two attached hydrogens (primary N) is 1. The van der Waals surface area contributed by atoms with Crippen molar-refractivity contribution in [1.82, 2.24) is 4.90 Å². The first kappa shape index (κ1) is 10.0. The van der Waals surface area contributed by atoms with Crippen LogP contribution in [0, 0.1) is 5.92 Å². The lowest BCUT2D eigenvalue weighted by molar-refractivity contribution is -0.135. The minimum absolute atomic E-state index is 0.0263. The average molecular weight is 184 g/mol. The van der Waals surface area contributed by atoms with Gasteiger partial charge in [-0.25, -0.2) is 0 Å². The highest BCUT2D eigenvalue weighted by Crippen LogP contribution is 2.21. The van der Waals surface area contributed by atoms with Crippen molar-refractivity contribution in [3.8, 4) is 0 Å². The van der Waals surface area contributed by atoms with E-state index < -0.39 is 0 Å². The van der Waals surface area contributed by atoms with Crippen molar-refractivity contribution in [2.24, 2.45) is 11.7 Å². The van der Waals surface area contributed by atoms with E-state index in [1.807, 2.05) is 6.92 Å². The molecule has 1 rings (SSSR count). The predicted octanol–water partition coefficient (Wildman–Crippen LogP) is 0.119. The standard InChI is InChI=1S/C9H16N2O2/c1-6-3-4-8(9(10)13)5-11(6)7(2)12/h6,8H,3-5H2,1-2H3,(H2,10,13)/t6-,8+/m0/s1. The molecule has 2 atom stereocenters. The first-order chi connectivity index (χ1) is 6.02. The fraction of sp³-hybridized carbons (Fsp3) is 0.778. The number of nitrogens with zero attached hydrogens (tertiary/aromatic N) is 1. The average Bonchev–Trinajstić information content (AvgIpc) is 2.04. The number of primary amides is 1. The van der Waals surface area contributed by atoms with Gasteiger partial charge in [-0.3, -0.25) is 9.59 Å². The van der Waals surface area contributed by atoms with Gasteiger partial charge in [0, 0.05) is 19.5 Å². The van der Waals surface area contributed by atoms with Crippen LogP contribution in [0.1, 0.15) is 26.7 Å². The molecule has 74 valence electrons. The molecule has 0 unspecified atom stereocenters. The molecule has 2 amide bonds. The number of likely N-dealkylation sites (tertiary alicyclic amines) is 1. The van der Waals surface area contributed by atoms with Crippen LogP contribution in [0.2, 0.25) is 0 Å². The molecule has 1 aliphatic rings. The van der Waals surface area contributed by atoms with E-state index in [-0.39, 0.29) is 23.8 Å². The number of hydrogen-bond acceptors (Lipinski definition) is 2. The molecule has 1 heterocycles. The Hall–Kier alpha value is -1.06. The zero-order valence-electron chi connectivity index (χ0n) is 8.12. The Morgan fingerprint density at radius 2 is 2.00 bits per heavy atom. The van der Waals surface area contributed by atoms with Crippen LogP contribution in [0.3, 0.4) is 0 Å². The summed E-state index contributed by atoms with van der Waals surface area (Å²) < 4.78 is 0. The molecule has 0 radical (unpaired) electrons. The monoisotopic (exact) mass is 184 g/mol. The molecule has 1 aliphatic heterocycles. The molecule has 13 heavy (non-hydrogen) atoms. The summed E-state index contributed by atoms with van der Waals surface area (Å²) >= 11 is 0. The maximum atomic E-state index is 11.2. The van der Waals surface area contributed by atoms with E-state index in [0.717, 1.165) is 12.8 Å². The van der Waals surface area contributed by atoms with Gasteiger partial charge in [-0.15, -0.1) is 0 Å². The van der Waals surface area contributed by atoms with Gasteiger partial charge in [0.25, 0.3) is 0 Å². The maximum Gasteiger partial charge on any atom is 0.222 e. The Morgan fingerprint density at radius 1 is 1.38 bits per heavy atom. The Bertz CT molecular complexity index is 228. The van der Waals surface area contributed by atoms with Crippen molar-refractivity contribution in [1.29, 1.82) is 0 Å². The second-order valence-electron chi connectivity index (χ2n) is 3.70. The number of piperidine rings is 1. The van der Waals surface area contributed by atoms with Crippen molar-refractivity contribution in [3.63, 3.8) is 0 Å². The molecule has 2 N–H and O–H groups in total. The summed E-state index contributed by atoms with van der Waals surface area (Å²) in [7, 11) is 0. The van der Waals surface area contributed by atoms with E-state index in [1.54, 1.807) is 4.90 Å². The van der Waals surface area contributed by atoms with Crippen LogP contribution in [0.4, 0.5) is 0 Å².